The molecule has 0 aromatic heterocycles. The third-order valence-corrected chi connectivity index (χ3v) is 5.02. The van der Waals surface area contributed by atoms with Crippen molar-refractivity contribution in [3.05, 3.63) is 134 Å². The topological polar surface area (TPSA) is 9.23 Å². The first kappa shape index (κ1) is 29.7. The van der Waals surface area contributed by atoms with Crippen molar-refractivity contribution in [1.82, 2.24) is 0 Å². The lowest BCUT2D eigenvalue weighted by atomic mass is 9.91. The van der Waals surface area contributed by atoms with E-state index in [1.165, 1.54) is 24.3 Å². The fraction of sp³-hybridized carbons (Fsp3) is 0.241. The van der Waals surface area contributed by atoms with Gasteiger partial charge in [-0.2, -0.15) is 4.39 Å². The van der Waals surface area contributed by atoms with E-state index in [2.05, 4.69) is 59.6 Å². The molecule has 0 radical (unpaired) electrons. The van der Waals surface area contributed by atoms with Crippen molar-refractivity contribution < 1.29 is 17.9 Å². The van der Waals surface area contributed by atoms with Gasteiger partial charge in [-0.05, 0) is 53.0 Å². The molecule has 0 N–H and O–H groups in total. The Labute approximate surface area is 197 Å². The Hall–Kier alpha value is -3.27. The molecular weight excluding hydrogens is 421 g/mol. The minimum absolute atomic E-state index is 0.0159. The van der Waals surface area contributed by atoms with Gasteiger partial charge in [0.15, 0.2) is 11.6 Å². The summed E-state index contributed by atoms with van der Waals surface area (Å²) in [5.41, 5.74) is 0.852. The van der Waals surface area contributed by atoms with E-state index < -0.39 is 23.2 Å². The van der Waals surface area contributed by atoms with Gasteiger partial charge in [-0.3, -0.25) is 0 Å². The summed E-state index contributed by atoms with van der Waals surface area (Å²) < 4.78 is 47.9. The Morgan fingerprint density at radius 1 is 0.818 bits per heavy atom. The summed E-state index contributed by atoms with van der Waals surface area (Å²) in [7, 11) is 0. The summed E-state index contributed by atoms with van der Waals surface area (Å²) in [6, 6.07) is 0. The van der Waals surface area contributed by atoms with Crippen LogP contribution in [-0.4, -0.2) is 6.61 Å². The van der Waals surface area contributed by atoms with Crippen LogP contribution in [0.2, 0.25) is 0 Å². The van der Waals surface area contributed by atoms with Crippen molar-refractivity contribution in [3.63, 3.8) is 0 Å². The maximum absolute atomic E-state index is 14.6. The summed E-state index contributed by atoms with van der Waals surface area (Å²) in [5, 5.41) is 0. The Balaban J connectivity index is 5.15. The largest absolute Gasteiger partial charge is 0.487 e. The first-order valence-electron chi connectivity index (χ1n) is 10.5. The molecule has 0 fully saturated rings. The third-order valence-electron chi connectivity index (χ3n) is 5.02. The lowest BCUT2D eigenvalue weighted by molar-refractivity contribution is 0.241. The maximum Gasteiger partial charge on any atom is 0.200 e. The van der Waals surface area contributed by atoms with Gasteiger partial charge in [-0.1, -0.05) is 84.2 Å². The Morgan fingerprint density at radius 3 is 1.94 bits per heavy atom. The van der Waals surface area contributed by atoms with E-state index in [4.69, 9.17) is 4.74 Å². The van der Waals surface area contributed by atoms with E-state index >= 15 is 0 Å². The van der Waals surface area contributed by atoms with Gasteiger partial charge in [0.25, 0.3) is 0 Å². The van der Waals surface area contributed by atoms with E-state index in [-0.39, 0.29) is 23.7 Å². The zero-order valence-corrected chi connectivity index (χ0v) is 19.9. The Morgan fingerprint density at radius 2 is 1.39 bits per heavy atom. The molecule has 2 unspecified atom stereocenters. The number of halogens is 3. The second-order valence-electron chi connectivity index (χ2n) is 7.75. The van der Waals surface area contributed by atoms with Gasteiger partial charge in [0.05, 0.1) is 0 Å². The third kappa shape index (κ3) is 10.3. The molecule has 2 atom stereocenters. The first-order valence-corrected chi connectivity index (χ1v) is 10.5. The molecule has 0 aliphatic rings. The van der Waals surface area contributed by atoms with Crippen LogP contribution in [0.15, 0.2) is 134 Å². The van der Waals surface area contributed by atoms with Gasteiger partial charge in [0, 0.05) is 5.57 Å². The number of rotatable bonds is 16. The summed E-state index contributed by atoms with van der Waals surface area (Å²) >= 11 is 0. The zero-order valence-electron chi connectivity index (χ0n) is 19.9. The minimum Gasteiger partial charge on any atom is -0.487 e. The molecule has 0 aliphatic heterocycles. The summed E-state index contributed by atoms with van der Waals surface area (Å²) in [4.78, 5) is 0. The van der Waals surface area contributed by atoms with E-state index in [1.807, 2.05) is 13.0 Å². The first-order chi connectivity index (χ1) is 15.4. The molecule has 0 aliphatic carbocycles. The lowest BCUT2D eigenvalue weighted by Gasteiger charge is -2.15. The van der Waals surface area contributed by atoms with Crippen LogP contribution < -0.4 is 0 Å². The SMILES string of the molecule is C=CCOC(=C)/C(F)=C(/F)C(=C)C(=C)/C=C\C(=C)C(=C)/C=C(/F)C(=C)C(C)CCC(C)C=C. The van der Waals surface area contributed by atoms with Crippen molar-refractivity contribution >= 4 is 0 Å². The van der Waals surface area contributed by atoms with Crippen LogP contribution in [0.1, 0.15) is 26.7 Å². The molecular formula is C29H35F3O. The molecule has 0 saturated carbocycles. The van der Waals surface area contributed by atoms with E-state index in [1.54, 1.807) is 0 Å². The summed E-state index contributed by atoms with van der Waals surface area (Å²) in [5.74, 6) is -3.17. The van der Waals surface area contributed by atoms with Crippen molar-refractivity contribution in [2.75, 3.05) is 6.61 Å². The summed E-state index contributed by atoms with van der Waals surface area (Å²) in [6.45, 7) is 33.1. The highest BCUT2D eigenvalue weighted by molar-refractivity contribution is 5.52. The van der Waals surface area contributed by atoms with Crippen LogP contribution in [0, 0.1) is 11.8 Å². The highest BCUT2D eigenvalue weighted by Gasteiger charge is 2.16. The van der Waals surface area contributed by atoms with E-state index in [0.29, 0.717) is 22.6 Å². The number of ether oxygens (including phenoxy) is 1. The summed E-state index contributed by atoms with van der Waals surface area (Å²) in [6.07, 6.45) is 9.01. The molecule has 0 aromatic carbocycles. The quantitative estimate of drug-likeness (QED) is 0.128. The van der Waals surface area contributed by atoms with Crippen molar-refractivity contribution in [2.45, 2.75) is 26.7 Å². The highest BCUT2D eigenvalue weighted by Crippen LogP contribution is 2.29. The number of hydrogen-bond acceptors (Lipinski definition) is 1. The van der Waals surface area contributed by atoms with Gasteiger partial charge in [0.2, 0.25) is 5.83 Å². The molecule has 0 saturated heterocycles. The minimum atomic E-state index is -1.28. The molecule has 0 bridgehead atoms. The molecule has 0 spiro atoms. The average molecular weight is 457 g/mol. The van der Waals surface area contributed by atoms with Crippen LogP contribution in [0.3, 0.4) is 0 Å². The second kappa shape index (κ2) is 14.7. The zero-order chi connectivity index (χ0) is 25.7. The lowest BCUT2D eigenvalue weighted by Crippen LogP contribution is -2.02. The molecule has 0 rings (SSSR count). The van der Waals surface area contributed by atoms with Crippen molar-refractivity contribution in [3.8, 4) is 0 Å². The van der Waals surface area contributed by atoms with Crippen LogP contribution in [-0.2, 0) is 4.74 Å². The molecule has 4 heteroatoms. The second-order valence-corrected chi connectivity index (χ2v) is 7.75. The molecule has 0 amide bonds. The Kier molecular flexibility index (Phi) is 13.3. The van der Waals surface area contributed by atoms with Gasteiger partial charge < -0.3 is 4.74 Å². The molecule has 33 heavy (non-hydrogen) atoms. The van der Waals surface area contributed by atoms with E-state index in [0.717, 1.165) is 12.8 Å². The molecule has 1 nitrogen and oxygen atoms in total. The van der Waals surface area contributed by atoms with Gasteiger partial charge >= 0.3 is 0 Å². The van der Waals surface area contributed by atoms with Crippen LogP contribution in [0.4, 0.5) is 13.2 Å². The normalized spacial score (nSPS) is 14.0. The fourth-order valence-corrected chi connectivity index (χ4v) is 2.41. The highest BCUT2D eigenvalue weighted by atomic mass is 19.2. The van der Waals surface area contributed by atoms with Crippen LogP contribution in [0.25, 0.3) is 0 Å². The van der Waals surface area contributed by atoms with Crippen LogP contribution in [0.5, 0.6) is 0 Å². The van der Waals surface area contributed by atoms with Gasteiger partial charge in [0.1, 0.15) is 12.4 Å². The van der Waals surface area contributed by atoms with Gasteiger partial charge in [-0.15, -0.1) is 6.58 Å². The monoisotopic (exact) mass is 456 g/mol. The van der Waals surface area contributed by atoms with Gasteiger partial charge in [-0.25, -0.2) is 8.78 Å². The standard InChI is InChI=1S/C29H35F3O/c1-11-17-33-26(10)29(32)28(31)25(9)22(6)16-15-20(4)23(7)18-27(30)24(8)21(5)14-13-19(3)12-2/h11-12,15-16,18-19,21H,1-2,4,6-10,13-14,17H2,3,5H3/b16-15-,27-18+,29-28-. The molecule has 178 valence electrons. The predicted octanol–water partition coefficient (Wildman–Crippen LogP) is 9.28. The molecule has 0 aromatic rings. The van der Waals surface area contributed by atoms with Crippen molar-refractivity contribution in [1.29, 1.82) is 0 Å². The van der Waals surface area contributed by atoms with E-state index in [9.17, 15) is 13.2 Å². The maximum atomic E-state index is 14.6. The van der Waals surface area contributed by atoms with Crippen LogP contribution >= 0.6 is 0 Å². The number of hydrogen-bond donors (Lipinski definition) is 0. The predicted molar refractivity (Wildman–Crippen MR) is 136 cm³/mol. The fourth-order valence-electron chi connectivity index (χ4n) is 2.41. The van der Waals surface area contributed by atoms with Crippen molar-refractivity contribution in [2.24, 2.45) is 11.8 Å². The average Bonchev–Trinajstić information content (AvgIpc) is 2.81. The molecule has 0 heterocycles. The Bertz CT molecular complexity index is 925. The number of allylic oxidation sites excluding steroid dienone is 12. The smallest absolute Gasteiger partial charge is 0.200 e.